The van der Waals surface area contributed by atoms with Crippen LogP contribution in [0, 0.1) is 0 Å². The highest BCUT2D eigenvalue weighted by molar-refractivity contribution is 4.39. The number of alkyl halides is 1. The average molecular weight is 105 g/mol. The van der Waals surface area contributed by atoms with Gasteiger partial charge in [0, 0.05) is 0 Å². The van der Waals surface area contributed by atoms with Gasteiger partial charge in [0.05, 0.1) is 0 Å². The van der Waals surface area contributed by atoms with Gasteiger partial charge < -0.3 is 0 Å². The van der Waals surface area contributed by atoms with Gasteiger partial charge in [-0.2, -0.15) is 0 Å². The molecule has 7 heavy (non-hydrogen) atoms. The van der Waals surface area contributed by atoms with Crippen LogP contribution in [0.15, 0.2) is 0 Å². The highest BCUT2D eigenvalue weighted by Gasteiger charge is 1.92. The summed E-state index contributed by atoms with van der Waals surface area (Å²) in [7, 11) is 0. The van der Waals surface area contributed by atoms with Crippen LogP contribution < -0.4 is 0 Å². The lowest BCUT2D eigenvalue weighted by atomic mass is 10.6. The van der Waals surface area contributed by atoms with Crippen molar-refractivity contribution >= 4 is 0 Å². The Morgan fingerprint density at radius 3 is 1.71 bits per heavy atom. The molecule has 0 aromatic heterocycles. The summed E-state index contributed by atoms with van der Waals surface area (Å²) in [6, 6.07) is 0. The minimum atomic E-state index is -0.312. The van der Waals surface area contributed by atoms with Gasteiger partial charge in [0.1, 0.15) is 6.80 Å². The van der Waals surface area contributed by atoms with Crippen LogP contribution in [0.3, 0.4) is 0 Å². The van der Waals surface area contributed by atoms with E-state index in [4.69, 9.17) is 0 Å². The van der Waals surface area contributed by atoms with Crippen LogP contribution in [0.1, 0.15) is 13.8 Å². The van der Waals surface area contributed by atoms with Crippen LogP contribution >= 0.6 is 0 Å². The molecule has 0 aromatic carbocycles. The van der Waals surface area contributed by atoms with Gasteiger partial charge in [-0.05, 0) is 13.1 Å². The molecule has 0 fully saturated rings. The molecular formula is C5H12FN. The molecule has 0 aliphatic carbocycles. The summed E-state index contributed by atoms with van der Waals surface area (Å²) in [5.41, 5.74) is 0. The zero-order valence-electron chi connectivity index (χ0n) is 4.95. The second kappa shape index (κ2) is 4.06. The molecule has 0 aliphatic rings. The van der Waals surface area contributed by atoms with E-state index in [0.29, 0.717) is 0 Å². The molecular weight excluding hydrogens is 93.1 g/mol. The zero-order chi connectivity index (χ0) is 5.70. The second-order valence-corrected chi connectivity index (χ2v) is 1.42. The van der Waals surface area contributed by atoms with Gasteiger partial charge in [0.15, 0.2) is 0 Å². The third-order valence-electron chi connectivity index (χ3n) is 1.06. The van der Waals surface area contributed by atoms with Gasteiger partial charge in [-0.25, -0.2) is 4.39 Å². The summed E-state index contributed by atoms with van der Waals surface area (Å²) < 4.78 is 11.6. The molecule has 0 heterocycles. The fourth-order valence-electron chi connectivity index (χ4n) is 0.393. The van der Waals surface area contributed by atoms with Crippen molar-refractivity contribution in [3.05, 3.63) is 0 Å². The number of hydrogen-bond acceptors (Lipinski definition) is 1. The summed E-state index contributed by atoms with van der Waals surface area (Å²) >= 11 is 0. The summed E-state index contributed by atoms with van der Waals surface area (Å²) in [6.45, 7) is 5.21. The van der Waals surface area contributed by atoms with Gasteiger partial charge in [0.25, 0.3) is 0 Å². The third kappa shape index (κ3) is 2.57. The molecule has 0 saturated heterocycles. The fourth-order valence-corrected chi connectivity index (χ4v) is 0.393. The Kier molecular flexibility index (Phi) is 4.00. The Morgan fingerprint density at radius 1 is 1.29 bits per heavy atom. The van der Waals surface area contributed by atoms with Crippen LogP contribution in [0.5, 0.6) is 0 Å². The molecule has 0 radical (unpaired) electrons. The van der Waals surface area contributed by atoms with Crippen molar-refractivity contribution in [3.8, 4) is 0 Å². The Morgan fingerprint density at radius 2 is 1.71 bits per heavy atom. The molecule has 0 rings (SSSR count). The number of nitrogens with zero attached hydrogens (tertiary/aromatic N) is 1. The minimum Gasteiger partial charge on any atom is -0.277 e. The summed E-state index contributed by atoms with van der Waals surface area (Å²) in [5, 5.41) is 0. The Hall–Kier alpha value is -0.110. The lowest BCUT2D eigenvalue weighted by molar-refractivity contribution is 0.203. The Labute approximate surface area is 44.1 Å². The van der Waals surface area contributed by atoms with Crippen molar-refractivity contribution in [2.45, 2.75) is 13.8 Å². The molecule has 1 nitrogen and oxygen atoms in total. The largest absolute Gasteiger partial charge is 0.277 e. The maximum Gasteiger partial charge on any atom is 0.142 e. The molecule has 0 spiro atoms. The number of hydrogen-bond donors (Lipinski definition) is 0. The van der Waals surface area contributed by atoms with Crippen molar-refractivity contribution in [1.82, 2.24) is 4.90 Å². The Bertz CT molecular complexity index is 29.6. The van der Waals surface area contributed by atoms with Crippen molar-refractivity contribution < 1.29 is 4.39 Å². The monoisotopic (exact) mass is 105 g/mol. The number of halogens is 1. The van der Waals surface area contributed by atoms with Gasteiger partial charge in [0.2, 0.25) is 0 Å². The van der Waals surface area contributed by atoms with Gasteiger partial charge in [-0.1, -0.05) is 13.8 Å². The van der Waals surface area contributed by atoms with Crippen LogP contribution in [-0.2, 0) is 0 Å². The van der Waals surface area contributed by atoms with Gasteiger partial charge in [-0.15, -0.1) is 0 Å². The lowest BCUT2D eigenvalue weighted by Crippen LogP contribution is -2.20. The first-order valence-corrected chi connectivity index (χ1v) is 2.63. The average Bonchev–Trinajstić information content (AvgIpc) is 1.72. The van der Waals surface area contributed by atoms with Gasteiger partial charge >= 0.3 is 0 Å². The standard InChI is InChI=1S/C5H12FN/c1-3-7(4-2)5-6/h3-5H2,1-2H3. The van der Waals surface area contributed by atoms with E-state index in [0.717, 1.165) is 13.1 Å². The fraction of sp³-hybridized carbons (Fsp3) is 1.00. The summed E-state index contributed by atoms with van der Waals surface area (Å²) in [4.78, 5) is 1.71. The molecule has 0 aromatic rings. The molecule has 0 aliphatic heterocycles. The van der Waals surface area contributed by atoms with E-state index >= 15 is 0 Å². The minimum absolute atomic E-state index is 0.312. The van der Waals surface area contributed by atoms with E-state index in [-0.39, 0.29) is 6.80 Å². The molecule has 0 bridgehead atoms. The smallest absolute Gasteiger partial charge is 0.142 e. The molecule has 0 N–H and O–H groups in total. The molecule has 44 valence electrons. The van der Waals surface area contributed by atoms with E-state index in [2.05, 4.69) is 0 Å². The van der Waals surface area contributed by atoms with Crippen LogP contribution in [0.25, 0.3) is 0 Å². The highest BCUT2D eigenvalue weighted by atomic mass is 19.1. The quantitative estimate of drug-likeness (QED) is 0.488. The Balaban J connectivity index is 2.99. The maximum atomic E-state index is 11.6. The van der Waals surface area contributed by atoms with Crippen LogP contribution in [0.4, 0.5) is 4.39 Å². The van der Waals surface area contributed by atoms with Crippen molar-refractivity contribution in [2.24, 2.45) is 0 Å². The van der Waals surface area contributed by atoms with E-state index in [9.17, 15) is 4.39 Å². The maximum absolute atomic E-state index is 11.6. The zero-order valence-corrected chi connectivity index (χ0v) is 4.95. The predicted molar refractivity (Wildman–Crippen MR) is 28.9 cm³/mol. The summed E-state index contributed by atoms with van der Waals surface area (Å²) in [5.74, 6) is 0. The predicted octanol–water partition coefficient (Wildman–Crippen LogP) is 1.26. The highest BCUT2D eigenvalue weighted by Crippen LogP contribution is 1.83. The first-order valence-electron chi connectivity index (χ1n) is 2.63. The first kappa shape index (κ1) is 6.89. The van der Waals surface area contributed by atoms with Gasteiger partial charge in [-0.3, -0.25) is 4.90 Å². The summed E-state index contributed by atoms with van der Waals surface area (Å²) in [6.07, 6.45) is 0. The van der Waals surface area contributed by atoms with E-state index in [1.807, 2.05) is 13.8 Å². The lowest BCUT2D eigenvalue weighted by Gasteiger charge is -2.10. The normalized spacial score (nSPS) is 10.3. The van der Waals surface area contributed by atoms with Crippen LogP contribution in [0.2, 0.25) is 0 Å². The first-order chi connectivity index (χ1) is 3.35. The molecule has 2 heteroatoms. The molecule has 0 amide bonds. The molecule has 0 atom stereocenters. The van der Waals surface area contributed by atoms with Crippen molar-refractivity contribution in [2.75, 3.05) is 19.9 Å². The van der Waals surface area contributed by atoms with Crippen molar-refractivity contribution in [3.63, 3.8) is 0 Å². The topological polar surface area (TPSA) is 3.24 Å². The third-order valence-corrected chi connectivity index (χ3v) is 1.06. The SMILES string of the molecule is CCN(CC)CF. The van der Waals surface area contributed by atoms with E-state index in [1.165, 1.54) is 0 Å². The molecule has 0 unspecified atom stereocenters. The van der Waals surface area contributed by atoms with Crippen LogP contribution in [-0.4, -0.2) is 24.8 Å². The molecule has 0 saturated carbocycles. The second-order valence-electron chi connectivity index (χ2n) is 1.42. The van der Waals surface area contributed by atoms with Crippen molar-refractivity contribution in [1.29, 1.82) is 0 Å². The van der Waals surface area contributed by atoms with E-state index < -0.39 is 0 Å². The number of rotatable bonds is 3. The van der Waals surface area contributed by atoms with E-state index in [1.54, 1.807) is 4.90 Å².